The Bertz CT molecular complexity index is 383. The van der Waals surface area contributed by atoms with Gasteiger partial charge in [0.1, 0.15) is 5.75 Å². The molecule has 0 spiro atoms. The maximum Gasteiger partial charge on any atom is 0.119 e. The van der Waals surface area contributed by atoms with Crippen molar-refractivity contribution in [2.75, 3.05) is 12.4 Å². The second kappa shape index (κ2) is 7.81. The van der Waals surface area contributed by atoms with E-state index in [0.717, 1.165) is 34.8 Å². The van der Waals surface area contributed by atoms with Crippen LogP contribution in [0.25, 0.3) is 0 Å². The second-order valence-electron chi connectivity index (χ2n) is 5.46. The molecule has 0 radical (unpaired) electrons. The highest BCUT2D eigenvalue weighted by Gasteiger charge is 2.18. The van der Waals surface area contributed by atoms with Crippen LogP contribution in [0.15, 0.2) is 24.3 Å². The first kappa shape index (κ1) is 14.7. The van der Waals surface area contributed by atoms with Crippen molar-refractivity contribution < 1.29 is 4.74 Å². The first-order valence-corrected chi connectivity index (χ1v) is 8.36. The normalized spacial score (nSPS) is 23.3. The van der Waals surface area contributed by atoms with Crippen molar-refractivity contribution in [2.45, 2.75) is 44.4 Å². The van der Waals surface area contributed by atoms with E-state index in [1.807, 2.05) is 24.3 Å². The molecule has 0 amide bonds. The van der Waals surface area contributed by atoms with Gasteiger partial charge in [-0.05, 0) is 36.5 Å². The molecule has 0 aromatic heterocycles. The van der Waals surface area contributed by atoms with Gasteiger partial charge in [0, 0.05) is 17.5 Å². The molecule has 0 aliphatic heterocycles. The summed E-state index contributed by atoms with van der Waals surface area (Å²) in [7, 11) is 0. The van der Waals surface area contributed by atoms with Crippen LogP contribution in [0.3, 0.4) is 0 Å². The van der Waals surface area contributed by atoms with E-state index in [0.29, 0.717) is 6.54 Å². The zero-order chi connectivity index (χ0) is 13.5. The van der Waals surface area contributed by atoms with Crippen LogP contribution in [-0.4, -0.2) is 17.6 Å². The van der Waals surface area contributed by atoms with Crippen molar-refractivity contribution in [3.8, 4) is 5.75 Å². The highest BCUT2D eigenvalue weighted by molar-refractivity contribution is 7.99. The molecule has 2 atom stereocenters. The fraction of sp³-hybridized carbons (Fsp3) is 0.625. The summed E-state index contributed by atoms with van der Waals surface area (Å²) >= 11 is 2.08. The lowest BCUT2D eigenvalue weighted by atomic mass is 9.91. The first-order chi connectivity index (χ1) is 9.28. The molecule has 106 valence electrons. The third kappa shape index (κ3) is 5.07. The zero-order valence-electron chi connectivity index (χ0n) is 11.8. The number of thioether (sulfide) groups is 1. The number of nitrogens with two attached hydrogens (primary N) is 1. The Morgan fingerprint density at radius 3 is 3.05 bits per heavy atom. The summed E-state index contributed by atoms with van der Waals surface area (Å²) in [4.78, 5) is 0. The van der Waals surface area contributed by atoms with Crippen LogP contribution in [-0.2, 0) is 6.54 Å². The van der Waals surface area contributed by atoms with E-state index in [-0.39, 0.29) is 0 Å². The molecule has 2 unspecified atom stereocenters. The third-order valence-corrected chi connectivity index (χ3v) is 5.03. The highest BCUT2D eigenvalue weighted by atomic mass is 32.2. The van der Waals surface area contributed by atoms with E-state index in [1.54, 1.807) is 0 Å². The van der Waals surface area contributed by atoms with Crippen molar-refractivity contribution in [3.63, 3.8) is 0 Å². The Morgan fingerprint density at radius 1 is 1.37 bits per heavy atom. The van der Waals surface area contributed by atoms with Crippen LogP contribution in [0.1, 0.15) is 38.2 Å². The van der Waals surface area contributed by atoms with Crippen molar-refractivity contribution >= 4 is 11.8 Å². The van der Waals surface area contributed by atoms with Gasteiger partial charge in [0.05, 0.1) is 6.61 Å². The lowest BCUT2D eigenvalue weighted by molar-refractivity contribution is 0.342. The molecule has 1 saturated carbocycles. The van der Waals surface area contributed by atoms with Crippen LogP contribution >= 0.6 is 11.8 Å². The number of ether oxygens (including phenoxy) is 1. The summed E-state index contributed by atoms with van der Waals surface area (Å²) in [5.41, 5.74) is 6.76. The van der Waals surface area contributed by atoms with Crippen molar-refractivity contribution in [1.29, 1.82) is 0 Å². The van der Waals surface area contributed by atoms with E-state index in [1.165, 1.54) is 25.7 Å². The van der Waals surface area contributed by atoms with Crippen molar-refractivity contribution in [2.24, 2.45) is 11.7 Å². The predicted octanol–water partition coefficient (Wildman–Crippen LogP) is 3.84. The molecule has 1 fully saturated rings. The fourth-order valence-electron chi connectivity index (χ4n) is 2.67. The zero-order valence-corrected chi connectivity index (χ0v) is 12.6. The van der Waals surface area contributed by atoms with Crippen LogP contribution < -0.4 is 10.5 Å². The lowest BCUT2D eigenvalue weighted by Gasteiger charge is -2.26. The van der Waals surface area contributed by atoms with Gasteiger partial charge in [-0.15, -0.1) is 0 Å². The van der Waals surface area contributed by atoms with Crippen LogP contribution in [0.4, 0.5) is 0 Å². The van der Waals surface area contributed by atoms with E-state index in [9.17, 15) is 0 Å². The fourth-order valence-corrected chi connectivity index (χ4v) is 3.98. The van der Waals surface area contributed by atoms with Gasteiger partial charge in [0.15, 0.2) is 0 Å². The minimum absolute atomic E-state index is 0.575. The Labute approximate surface area is 121 Å². The summed E-state index contributed by atoms with van der Waals surface area (Å²) in [6, 6.07) is 8.08. The number of benzene rings is 1. The molecule has 2 nitrogen and oxygen atoms in total. The van der Waals surface area contributed by atoms with E-state index in [2.05, 4.69) is 18.7 Å². The second-order valence-corrected chi connectivity index (χ2v) is 6.87. The molecular formula is C16H25NOS. The van der Waals surface area contributed by atoms with Gasteiger partial charge in [-0.2, -0.15) is 11.8 Å². The Hall–Kier alpha value is -0.670. The number of hydrogen-bond acceptors (Lipinski definition) is 3. The maximum atomic E-state index is 5.79. The first-order valence-electron chi connectivity index (χ1n) is 7.31. The SMILES string of the molecule is CC1CCCC(SCCOc2cccc(CN)c2)C1. The van der Waals surface area contributed by atoms with Crippen LogP contribution in [0.5, 0.6) is 5.75 Å². The van der Waals surface area contributed by atoms with Gasteiger partial charge in [-0.1, -0.05) is 31.9 Å². The topological polar surface area (TPSA) is 35.2 Å². The van der Waals surface area contributed by atoms with Crippen molar-refractivity contribution in [1.82, 2.24) is 0 Å². The molecule has 1 aromatic carbocycles. The van der Waals surface area contributed by atoms with Gasteiger partial charge >= 0.3 is 0 Å². The molecule has 2 rings (SSSR count). The summed E-state index contributed by atoms with van der Waals surface area (Å²) in [5.74, 6) is 2.94. The maximum absolute atomic E-state index is 5.79. The smallest absolute Gasteiger partial charge is 0.119 e. The molecule has 1 aliphatic rings. The van der Waals surface area contributed by atoms with E-state index in [4.69, 9.17) is 10.5 Å². The summed E-state index contributed by atoms with van der Waals surface area (Å²) in [6.07, 6.45) is 5.59. The summed E-state index contributed by atoms with van der Waals surface area (Å²) in [6.45, 7) is 3.75. The standard InChI is InChI=1S/C16H25NOS/c1-13-4-2-7-16(10-13)19-9-8-18-15-6-3-5-14(11-15)12-17/h3,5-6,11,13,16H,2,4,7-10,12,17H2,1H3. The monoisotopic (exact) mass is 279 g/mol. The van der Waals surface area contributed by atoms with Crippen LogP contribution in [0, 0.1) is 5.92 Å². The largest absolute Gasteiger partial charge is 0.493 e. The quantitative estimate of drug-likeness (QED) is 0.804. The minimum atomic E-state index is 0.575. The summed E-state index contributed by atoms with van der Waals surface area (Å²) < 4.78 is 5.79. The van der Waals surface area contributed by atoms with Gasteiger partial charge in [0.25, 0.3) is 0 Å². The van der Waals surface area contributed by atoms with Crippen LogP contribution in [0.2, 0.25) is 0 Å². The Morgan fingerprint density at radius 2 is 2.26 bits per heavy atom. The Balaban J connectivity index is 1.66. The molecule has 19 heavy (non-hydrogen) atoms. The lowest BCUT2D eigenvalue weighted by Crippen LogP contribution is -2.16. The van der Waals surface area contributed by atoms with Crippen molar-refractivity contribution in [3.05, 3.63) is 29.8 Å². The molecular weight excluding hydrogens is 254 g/mol. The molecule has 0 heterocycles. The van der Waals surface area contributed by atoms with E-state index >= 15 is 0 Å². The average molecular weight is 279 g/mol. The van der Waals surface area contributed by atoms with Gasteiger partial charge in [-0.25, -0.2) is 0 Å². The highest BCUT2D eigenvalue weighted by Crippen LogP contribution is 2.31. The number of hydrogen-bond donors (Lipinski definition) is 1. The minimum Gasteiger partial charge on any atom is -0.493 e. The molecule has 0 bridgehead atoms. The summed E-state index contributed by atoms with van der Waals surface area (Å²) in [5, 5.41) is 0.850. The molecule has 1 aromatic rings. The molecule has 3 heteroatoms. The van der Waals surface area contributed by atoms with Gasteiger partial charge in [-0.3, -0.25) is 0 Å². The van der Waals surface area contributed by atoms with Gasteiger partial charge in [0.2, 0.25) is 0 Å². The predicted molar refractivity (Wildman–Crippen MR) is 83.7 cm³/mol. The number of rotatable bonds is 6. The Kier molecular flexibility index (Phi) is 6.05. The molecule has 2 N–H and O–H groups in total. The van der Waals surface area contributed by atoms with Gasteiger partial charge < -0.3 is 10.5 Å². The third-order valence-electron chi connectivity index (χ3n) is 3.73. The van der Waals surface area contributed by atoms with E-state index < -0.39 is 0 Å². The molecule has 0 saturated heterocycles. The average Bonchev–Trinajstić information content (AvgIpc) is 2.44. The molecule has 1 aliphatic carbocycles.